The van der Waals surface area contributed by atoms with Gasteiger partial charge in [0.25, 0.3) is 0 Å². The van der Waals surface area contributed by atoms with Crippen molar-refractivity contribution < 1.29 is 5.11 Å². The summed E-state index contributed by atoms with van der Waals surface area (Å²) >= 11 is 0. The number of likely N-dealkylation sites (tertiary alicyclic amines) is 1. The Labute approximate surface area is 108 Å². The first-order chi connectivity index (χ1) is 8.83. The first kappa shape index (κ1) is 13.3. The Morgan fingerprint density at radius 3 is 2.94 bits per heavy atom. The lowest BCUT2D eigenvalue weighted by molar-refractivity contribution is 0.118. The molecule has 1 fully saturated rings. The first-order valence-electron chi connectivity index (χ1n) is 6.60. The summed E-state index contributed by atoms with van der Waals surface area (Å²) in [5.74, 6) is 5.97. The van der Waals surface area contributed by atoms with E-state index in [4.69, 9.17) is 5.84 Å². The van der Waals surface area contributed by atoms with E-state index in [-0.39, 0.29) is 6.61 Å². The van der Waals surface area contributed by atoms with Crippen molar-refractivity contribution >= 4 is 5.82 Å². The van der Waals surface area contributed by atoms with E-state index >= 15 is 0 Å². The smallest absolute Gasteiger partial charge is 0.139 e. The minimum absolute atomic E-state index is 0.246. The Morgan fingerprint density at radius 2 is 2.28 bits per heavy atom. The van der Waals surface area contributed by atoms with Crippen molar-refractivity contribution in [1.82, 2.24) is 9.88 Å². The van der Waals surface area contributed by atoms with Gasteiger partial charge in [-0.15, -0.1) is 0 Å². The number of nitrogens with zero attached hydrogens (tertiary/aromatic N) is 2. The predicted octanol–water partition coefficient (Wildman–Crippen LogP) is 1.10. The second kappa shape index (κ2) is 6.68. The summed E-state index contributed by atoms with van der Waals surface area (Å²) in [5, 5.41) is 9.46. The summed E-state index contributed by atoms with van der Waals surface area (Å²) in [6, 6.07) is 4.20. The molecule has 18 heavy (non-hydrogen) atoms. The third-order valence-electron chi connectivity index (χ3n) is 3.57. The van der Waals surface area contributed by atoms with E-state index in [9.17, 15) is 5.11 Å². The largest absolute Gasteiger partial charge is 0.395 e. The van der Waals surface area contributed by atoms with Gasteiger partial charge in [0.1, 0.15) is 5.82 Å². The molecule has 1 unspecified atom stereocenters. The highest BCUT2D eigenvalue weighted by molar-refractivity contribution is 5.33. The van der Waals surface area contributed by atoms with E-state index in [1.165, 1.54) is 19.3 Å². The van der Waals surface area contributed by atoms with Crippen LogP contribution in [0.3, 0.4) is 0 Å². The molecule has 5 nitrogen and oxygen atoms in total. The topological polar surface area (TPSA) is 74.4 Å². The molecule has 1 aliphatic rings. The summed E-state index contributed by atoms with van der Waals surface area (Å²) < 4.78 is 0. The zero-order valence-electron chi connectivity index (χ0n) is 10.7. The molecule has 0 amide bonds. The Balaban J connectivity index is 2.00. The number of hydrogen-bond acceptors (Lipinski definition) is 5. The number of nitrogens with one attached hydrogen (secondary N) is 1. The molecule has 2 rings (SSSR count). The zero-order chi connectivity index (χ0) is 12.8. The van der Waals surface area contributed by atoms with Crippen LogP contribution in [0.5, 0.6) is 0 Å². The van der Waals surface area contributed by atoms with Crippen LogP contribution >= 0.6 is 0 Å². The number of aliphatic hydroxyl groups is 1. The Bertz CT molecular complexity index is 355. The van der Waals surface area contributed by atoms with Crippen LogP contribution in [0.2, 0.25) is 0 Å². The molecule has 100 valence electrons. The minimum atomic E-state index is 0.246. The van der Waals surface area contributed by atoms with E-state index in [2.05, 4.69) is 15.3 Å². The van der Waals surface area contributed by atoms with Crippen molar-refractivity contribution in [3.8, 4) is 0 Å². The standard InChI is InChI=1S/C13H22N4O/c14-16-13-6-5-11(8-15-13)9-17-7-3-1-2-4-12(17)10-18/h5-6,8,12,18H,1-4,7,9-10,14H2,(H,15,16). The Morgan fingerprint density at radius 1 is 1.39 bits per heavy atom. The molecule has 0 aliphatic carbocycles. The fraction of sp³-hybridized carbons (Fsp3) is 0.615. The summed E-state index contributed by atoms with van der Waals surface area (Å²) in [6.07, 6.45) is 6.63. The number of aromatic nitrogens is 1. The maximum Gasteiger partial charge on any atom is 0.139 e. The SMILES string of the molecule is NNc1ccc(CN2CCCCCC2CO)cn1. The van der Waals surface area contributed by atoms with Gasteiger partial charge in [-0.3, -0.25) is 4.90 Å². The van der Waals surface area contributed by atoms with Gasteiger partial charge in [-0.05, 0) is 31.0 Å². The van der Waals surface area contributed by atoms with Gasteiger partial charge in [0.15, 0.2) is 0 Å². The van der Waals surface area contributed by atoms with E-state index in [0.717, 1.165) is 25.1 Å². The quantitative estimate of drug-likeness (QED) is 0.551. The number of rotatable bonds is 4. The Kier molecular flexibility index (Phi) is 4.92. The van der Waals surface area contributed by atoms with Gasteiger partial charge in [-0.2, -0.15) is 0 Å². The van der Waals surface area contributed by atoms with Crippen molar-refractivity contribution in [3.63, 3.8) is 0 Å². The van der Waals surface area contributed by atoms with Crippen LogP contribution in [-0.4, -0.2) is 34.2 Å². The second-order valence-electron chi connectivity index (χ2n) is 4.85. The molecular formula is C13H22N4O. The van der Waals surface area contributed by atoms with Crippen LogP contribution in [0.15, 0.2) is 18.3 Å². The number of nitrogens with two attached hydrogens (primary N) is 1. The van der Waals surface area contributed by atoms with E-state index in [0.29, 0.717) is 11.9 Å². The van der Waals surface area contributed by atoms with Crippen LogP contribution in [0.25, 0.3) is 0 Å². The van der Waals surface area contributed by atoms with E-state index in [1.807, 2.05) is 18.3 Å². The van der Waals surface area contributed by atoms with Crippen LogP contribution < -0.4 is 11.3 Å². The lowest BCUT2D eigenvalue weighted by atomic mass is 10.1. The van der Waals surface area contributed by atoms with E-state index in [1.54, 1.807) is 0 Å². The highest BCUT2D eigenvalue weighted by Gasteiger charge is 2.20. The number of aliphatic hydroxyl groups excluding tert-OH is 1. The van der Waals surface area contributed by atoms with Gasteiger partial charge in [-0.1, -0.05) is 18.9 Å². The fourth-order valence-electron chi connectivity index (χ4n) is 2.49. The zero-order valence-corrected chi connectivity index (χ0v) is 10.7. The summed E-state index contributed by atoms with van der Waals surface area (Å²) in [7, 11) is 0. The molecule has 0 radical (unpaired) electrons. The number of hydrogen-bond donors (Lipinski definition) is 3. The maximum atomic E-state index is 9.46. The third kappa shape index (κ3) is 3.41. The number of hydrazine groups is 1. The molecule has 1 aromatic rings. The van der Waals surface area contributed by atoms with Crippen molar-refractivity contribution in [1.29, 1.82) is 0 Å². The molecule has 5 heteroatoms. The highest BCUT2D eigenvalue weighted by atomic mass is 16.3. The highest BCUT2D eigenvalue weighted by Crippen LogP contribution is 2.19. The summed E-state index contributed by atoms with van der Waals surface area (Å²) in [4.78, 5) is 6.57. The third-order valence-corrected chi connectivity index (χ3v) is 3.57. The van der Waals surface area contributed by atoms with Crippen LogP contribution in [0.4, 0.5) is 5.82 Å². The molecule has 0 saturated carbocycles. The minimum Gasteiger partial charge on any atom is -0.395 e. The molecule has 1 atom stereocenters. The van der Waals surface area contributed by atoms with Crippen molar-refractivity contribution in [2.75, 3.05) is 18.6 Å². The summed E-state index contributed by atoms with van der Waals surface area (Å²) in [6.45, 7) is 2.15. The Hall–Kier alpha value is -1.17. The number of anilines is 1. The van der Waals surface area contributed by atoms with Gasteiger partial charge in [0, 0.05) is 18.8 Å². The van der Waals surface area contributed by atoms with Crippen molar-refractivity contribution in [2.24, 2.45) is 5.84 Å². The maximum absolute atomic E-state index is 9.46. The molecule has 4 N–H and O–H groups in total. The molecule has 0 aromatic carbocycles. The predicted molar refractivity (Wildman–Crippen MR) is 71.8 cm³/mol. The second-order valence-corrected chi connectivity index (χ2v) is 4.85. The van der Waals surface area contributed by atoms with Gasteiger partial charge in [0.2, 0.25) is 0 Å². The first-order valence-corrected chi connectivity index (χ1v) is 6.60. The molecule has 0 spiro atoms. The van der Waals surface area contributed by atoms with Gasteiger partial charge < -0.3 is 10.5 Å². The molecule has 1 aliphatic heterocycles. The van der Waals surface area contributed by atoms with Crippen LogP contribution in [-0.2, 0) is 6.54 Å². The summed E-state index contributed by atoms with van der Waals surface area (Å²) in [5.41, 5.74) is 3.68. The van der Waals surface area contributed by atoms with Gasteiger partial charge in [-0.25, -0.2) is 10.8 Å². The van der Waals surface area contributed by atoms with Gasteiger partial charge in [0.05, 0.1) is 6.61 Å². The molecular weight excluding hydrogens is 228 g/mol. The normalized spacial score (nSPS) is 21.6. The fourth-order valence-corrected chi connectivity index (χ4v) is 2.49. The molecule has 1 aromatic heterocycles. The molecule has 0 bridgehead atoms. The number of pyridine rings is 1. The van der Waals surface area contributed by atoms with Crippen molar-refractivity contribution in [2.45, 2.75) is 38.3 Å². The van der Waals surface area contributed by atoms with E-state index < -0.39 is 0 Å². The molecule has 2 heterocycles. The number of nitrogen functional groups attached to an aromatic ring is 1. The van der Waals surface area contributed by atoms with Crippen LogP contribution in [0, 0.1) is 0 Å². The average molecular weight is 250 g/mol. The lowest BCUT2D eigenvalue weighted by Crippen LogP contribution is -2.36. The molecule has 1 saturated heterocycles. The van der Waals surface area contributed by atoms with Crippen LogP contribution in [0.1, 0.15) is 31.2 Å². The van der Waals surface area contributed by atoms with Crippen molar-refractivity contribution in [3.05, 3.63) is 23.9 Å². The monoisotopic (exact) mass is 250 g/mol. The van der Waals surface area contributed by atoms with Gasteiger partial charge >= 0.3 is 0 Å². The lowest BCUT2D eigenvalue weighted by Gasteiger charge is -2.28. The average Bonchev–Trinajstić information content (AvgIpc) is 2.64.